The van der Waals surface area contributed by atoms with E-state index in [1.807, 2.05) is 13.8 Å². The van der Waals surface area contributed by atoms with Gasteiger partial charge in [0.25, 0.3) is 15.9 Å². The molecule has 0 saturated carbocycles. The summed E-state index contributed by atoms with van der Waals surface area (Å²) in [7, 11) is -8.34. The van der Waals surface area contributed by atoms with Gasteiger partial charge in [0.05, 0.1) is 22.0 Å². The molecule has 1 amide bonds. The summed E-state index contributed by atoms with van der Waals surface area (Å²) in [5.41, 5.74) is 8.91. The van der Waals surface area contributed by atoms with Crippen LogP contribution in [-0.4, -0.2) is 47.2 Å². The number of hydrazine groups is 1. The Morgan fingerprint density at radius 3 is 2.50 bits per heavy atom. The first-order valence-electron chi connectivity index (χ1n) is 10.3. The Morgan fingerprint density at radius 2 is 1.85 bits per heavy atom. The van der Waals surface area contributed by atoms with Crippen molar-refractivity contribution in [1.29, 1.82) is 0 Å². The SMILES string of the molecule is CC(C)CNN1C(=O)C(C2=NS(=O)(=O)c3c(ccc(S(C)(=O)=O)c3N)N2)C(=O)c2ccccc21. The van der Waals surface area contributed by atoms with Crippen molar-refractivity contribution in [3.8, 4) is 0 Å². The normalized spacial score (nSPS) is 19.4. The van der Waals surface area contributed by atoms with Gasteiger partial charge in [-0.2, -0.15) is 8.42 Å². The van der Waals surface area contributed by atoms with E-state index in [0.717, 1.165) is 12.3 Å². The van der Waals surface area contributed by atoms with Gasteiger partial charge in [-0.05, 0) is 30.2 Å². The lowest BCUT2D eigenvalue weighted by Gasteiger charge is -2.35. The van der Waals surface area contributed by atoms with Crippen molar-refractivity contribution >= 4 is 54.4 Å². The van der Waals surface area contributed by atoms with Crippen LogP contribution in [0.1, 0.15) is 24.2 Å². The first-order valence-corrected chi connectivity index (χ1v) is 13.6. The van der Waals surface area contributed by atoms with Crippen LogP contribution in [-0.2, 0) is 24.7 Å². The number of rotatable bonds is 5. The summed E-state index contributed by atoms with van der Waals surface area (Å²) in [4.78, 5) is 25.8. The molecule has 1 atom stereocenters. The predicted octanol–water partition coefficient (Wildman–Crippen LogP) is 1.19. The van der Waals surface area contributed by atoms with Crippen molar-refractivity contribution in [3.05, 3.63) is 42.0 Å². The number of sulfone groups is 1. The highest BCUT2D eigenvalue weighted by atomic mass is 32.2. The van der Waals surface area contributed by atoms with Gasteiger partial charge in [0.15, 0.2) is 21.5 Å². The van der Waals surface area contributed by atoms with Crippen molar-refractivity contribution in [2.24, 2.45) is 16.2 Å². The van der Waals surface area contributed by atoms with E-state index >= 15 is 0 Å². The Hall–Kier alpha value is -3.29. The molecule has 0 radical (unpaired) electrons. The summed E-state index contributed by atoms with van der Waals surface area (Å²) in [5.74, 6) is -3.09. The molecule has 0 saturated heterocycles. The molecule has 13 heteroatoms. The predicted molar refractivity (Wildman–Crippen MR) is 127 cm³/mol. The second kappa shape index (κ2) is 8.18. The van der Waals surface area contributed by atoms with Crippen molar-refractivity contribution in [3.63, 3.8) is 0 Å². The first-order chi connectivity index (χ1) is 15.8. The van der Waals surface area contributed by atoms with Crippen LogP contribution in [0.15, 0.2) is 50.6 Å². The van der Waals surface area contributed by atoms with Crippen LogP contribution >= 0.6 is 0 Å². The second-order valence-corrected chi connectivity index (χ2v) is 12.0. The third-order valence-corrected chi connectivity index (χ3v) is 7.91. The molecule has 0 bridgehead atoms. The van der Waals surface area contributed by atoms with Gasteiger partial charge >= 0.3 is 0 Å². The van der Waals surface area contributed by atoms with Gasteiger partial charge < -0.3 is 11.1 Å². The zero-order chi connectivity index (χ0) is 25.0. The number of para-hydroxylation sites is 1. The molecular weight excluding hydrogens is 482 g/mol. The van der Waals surface area contributed by atoms with E-state index < -0.39 is 48.1 Å². The van der Waals surface area contributed by atoms with Gasteiger partial charge in [-0.15, -0.1) is 4.40 Å². The van der Waals surface area contributed by atoms with Gasteiger partial charge in [0.1, 0.15) is 10.7 Å². The van der Waals surface area contributed by atoms with Crippen molar-refractivity contribution < 1.29 is 26.4 Å². The van der Waals surface area contributed by atoms with Gasteiger partial charge in [-0.1, -0.05) is 26.0 Å². The molecule has 4 rings (SSSR count). The topological polar surface area (TPSA) is 168 Å². The monoisotopic (exact) mass is 505 g/mol. The lowest BCUT2D eigenvalue weighted by atomic mass is 9.90. The standard InChI is InChI=1S/C21H23N5O6S2/c1-11(2)10-23-26-14-7-5-4-6-12(14)18(27)16(21(26)28)20-24-13-8-9-15(33(3,29)30)17(22)19(13)34(31,32)25-20/h4-9,11,16,23H,10,22H2,1-3H3,(H,24,25). The smallest absolute Gasteiger partial charge is 0.288 e. The number of nitrogen functional groups attached to an aromatic ring is 1. The van der Waals surface area contributed by atoms with E-state index in [1.54, 1.807) is 24.3 Å². The number of amidine groups is 1. The van der Waals surface area contributed by atoms with Crippen molar-refractivity contribution in [1.82, 2.24) is 5.43 Å². The average molecular weight is 506 g/mol. The fourth-order valence-electron chi connectivity index (χ4n) is 3.81. The van der Waals surface area contributed by atoms with Gasteiger partial charge in [0.2, 0.25) is 0 Å². The molecule has 2 aliphatic heterocycles. The largest absolute Gasteiger partial charge is 0.396 e. The lowest BCUT2D eigenvalue weighted by Crippen LogP contribution is -2.56. The summed E-state index contributed by atoms with van der Waals surface area (Å²) in [6, 6.07) is 8.86. The Balaban J connectivity index is 1.82. The molecule has 0 spiro atoms. The molecule has 2 heterocycles. The van der Waals surface area contributed by atoms with E-state index in [2.05, 4.69) is 15.1 Å². The molecule has 2 aromatic carbocycles. The molecule has 11 nitrogen and oxygen atoms in total. The van der Waals surface area contributed by atoms with Crippen LogP contribution in [0.2, 0.25) is 0 Å². The number of fused-ring (bicyclic) bond motifs is 2. The summed E-state index contributed by atoms with van der Waals surface area (Å²) in [6.07, 6.45) is 0.901. The van der Waals surface area contributed by atoms with E-state index in [4.69, 9.17) is 5.73 Å². The molecule has 4 N–H and O–H groups in total. The zero-order valence-electron chi connectivity index (χ0n) is 18.6. The highest BCUT2D eigenvalue weighted by molar-refractivity contribution is 7.91. The van der Waals surface area contributed by atoms with E-state index in [1.165, 1.54) is 11.1 Å². The van der Waals surface area contributed by atoms with Crippen LogP contribution in [0.3, 0.4) is 0 Å². The lowest BCUT2D eigenvalue weighted by molar-refractivity contribution is -0.120. The summed E-state index contributed by atoms with van der Waals surface area (Å²) < 4.78 is 53.7. The third kappa shape index (κ3) is 3.95. The minimum absolute atomic E-state index is 0.0731. The fourth-order valence-corrected chi connectivity index (χ4v) is 5.98. The summed E-state index contributed by atoms with van der Waals surface area (Å²) in [6.45, 7) is 4.32. The highest BCUT2D eigenvalue weighted by Gasteiger charge is 2.45. The van der Waals surface area contributed by atoms with Crippen LogP contribution in [0, 0.1) is 11.8 Å². The third-order valence-electron chi connectivity index (χ3n) is 5.37. The molecule has 2 aliphatic rings. The van der Waals surface area contributed by atoms with Crippen LogP contribution < -0.4 is 21.5 Å². The Bertz CT molecular complexity index is 1460. The number of carbonyl (C=O) groups excluding carboxylic acids is 2. The molecule has 0 fully saturated rings. The second-order valence-electron chi connectivity index (χ2n) is 8.45. The van der Waals surface area contributed by atoms with Gasteiger partial charge in [0, 0.05) is 18.4 Å². The number of sulfonamides is 1. The number of benzene rings is 2. The number of nitrogens with zero attached hydrogens (tertiary/aromatic N) is 2. The number of Topliss-reactive ketones (excluding diaryl/α,β-unsaturated/α-hetero) is 1. The molecule has 1 unspecified atom stereocenters. The number of nitrogens with two attached hydrogens (primary N) is 1. The quantitative estimate of drug-likeness (QED) is 0.399. The van der Waals surface area contributed by atoms with Crippen LogP contribution in [0.4, 0.5) is 17.1 Å². The fraction of sp³-hybridized carbons (Fsp3) is 0.286. The maximum absolute atomic E-state index is 13.4. The Kier molecular flexibility index (Phi) is 5.74. The molecule has 0 aromatic heterocycles. The number of hydrogen-bond donors (Lipinski definition) is 3. The summed E-state index contributed by atoms with van der Waals surface area (Å²) >= 11 is 0. The van der Waals surface area contributed by atoms with Gasteiger partial charge in [-0.25, -0.2) is 18.9 Å². The minimum atomic E-state index is -4.53. The molecule has 0 aliphatic carbocycles. The van der Waals surface area contributed by atoms with Crippen molar-refractivity contribution in [2.45, 2.75) is 23.6 Å². The van der Waals surface area contributed by atoms with Crippen LogP contribution in [0.5, 0.6) is 0 Å². The summed E-state index contributed by atoms with van der Waals surface area (Å²) in [5, 5.41) is 3.95. The molecular formula is C21H23N5O6S2. The maximum atomic E-state index is 13.4. The minimum Gasteiger partial charge on any atom is -0.396 e. The van der Waals surface area contributed by atoms with E-state index in [-0.39, 0.29) is 27.9 Å². The van der Waals surface area contributed by atoms with E-state index in [9.17, 15) is 26.4 Å². The Labute approximate surface area is 197 Å². The number of amides is 1. The van der Waals surface area contributed by atoms with E-state index in [0.29, 0.717) is 12.2 Å². The zero-order valence-corrected chi connectivity index (χ0v) is 20.2. The molecule has 2 aromatic rings. The van der Waals surface area contributed by atoms with Crippen molar-refractivity contribution in [2.75, 3.05) is 28.9 Å². The number of hydrogen-bond acceptors (Lipinski definition) is 9. The number of anilines is 3. The maximum Gasteiger partial charge on any atom is 0.288 e. The highest BCUT2D eigenvalue weighted by Crippen LogP contribution is 2.39. The number of nitrogens with one attached hydrogen (secondary N) is 2. The van der Waals surface area contributed by atoms with Crippen LogP contribution in [0.25, 0.3) is 0 Å². The molecule has 180 valence electrons. The number of ketones is 1. The van der Waals surface area contributed by atoms with Gasteiger partial charge in [-0.3, -0.25) is 9.59 Å². The Morgan fingerprint density at radius 1 is 1.18 bits per heavy atom. The number of carbonyl (C=O) groups is 2. The molecule has 34 heavy (non-hydrogen) atoms. The average Bonchev–Trinajstić information content (AvgIpc) is 2.72. The first kappa shape index (κ1) is 23.9.